The van der Waals surface area contributed by atoms with E-state index in [-0.39, 0.29) is 17.5 Å². The topological polar surface area (TPSA) is 98.1 Å². The number of rotatable bonds is 5. The number of aromatic nitrogens is 3. The first-order valence-electron chi connectivity index (χ1n) is 7.68. The molecule has 0 saturated heterocycles. The van der Waals surface area contributed by atoms with E-state index in [4.69, 9.17) is 4.74 Å². The first-order valence-corrected chi connectivity index (χ1v) is 8.55. The highest BCUT2D eigenvalue weighted by atomic mass is 32.1. The number of hydrogen-bond acceptors (Lipinski definition) is 6. The maximum Gasteiger partial charge on any atom is 0.275 e. The number of carbonyl (C=O) groups is 2. The molecule has 0 unspecified atom stereocenters. The Labute approximate surface area is 153 Å². The second kappa shape index (κ2) is 7.36. The number of benzene rings is 1. The minimum Gasteiger partial charge on any atom is -0.497 e. The van der Waals surface area contributed by atoms with Crippen molar-refractivity contribution in [1.29, 1.82) is 0 Å². The molecule has 9 heteroatoms. The molecule has 2 amide bonds. The summed E-state index contributed by atoms with van der Waals surface area (Å²) in [6.45, 7) is 1.40. The number of nitrogens with zero attached hydrogens (tertiary/aromatic N) is 3. The molecule has 0 atom stereocenters. The minimum atomic E-state index is -0.378. The number of anilines is 2. The van der Waals surface area contributed by atoms with Gasteiger partial charge in [0.1, 0.15) is 16.5 Å². The summed E-state index contributed by atoms with van der Waals surface area (Å²) < 4.78 is 6.85. The largest absolute Gasteiger partial charge is 0.497 e. The van der Waals surface area contributed by atoms with Crippen molar-refractivity contribution in [3.8, 4) is 16.3 Å². The Kier molecular flexibility index (Phi) is 4.99. The van der Waals surface area contributed by atoms with Crippen LogP contribution in [-0.4, -0.2) is 33.7 Å². The van der Waals surface area contributed by atoms with Gasteiger partial charge in [-0.25, -0.2) is 4.98 Å². The highest BCUT2D eigenvalue weighted by Gasteiger charge is 2.15. The summed E-state index contributed by atoms with van der Waals surface area (Å²) in [4.78, 5) is 28.3. The number of carbonyl (C=O) groups excluding carboxylic acids is 2. The molecule has 2 heterocycles. The van der Waals surface area contributed by atoms with Crippen LogP contribution in [0.4, 0.5) is 11.4 Å². The van der Waals surface area contributed by atoms with Crippen molar-refractivity contribution in [3.63, 3.8) is 0 Å². The molecule has 0 radical (unpaired) electrons. The van der Waals surface area contributed by atoms with Gasteiger partial charge in [-0.15, -0.1) is 11.3 Å². The van der Waals surface area contributed by atoms with Crippen LogP contribution in [-0.2, 0) is 11.8 Å². The van der Waals surface area contributed by atoms with Gasteiger partial charge in [-0.3, -0.25) is 14.3 Å². The predicted octanol–water partition coefficient (Wildman–Crippen LogP) is 2.76. The summed E-state index contributed by atoms with van der Waals surface area (Å²) in [5.74, 6) is -0.0573. The molecule has 0 fully saturated rings. The van der Waals surface area contributed by atoms with E-state index in [0.717, 1.165) is 5.56 Å². The fourth-order valence-corrected chi connectivity index (χ4v) is 3.06. The van der Waals surface area contributed by atoms with Crippen molar-refractivity contribution in [1.82, 2.24) is 14.8 Å². The van der Waals surface area contributed by atoms with Crippen molar-refractivity contribution in [2.45, 2.75) is 6.92 Å². The van der Waals surface area contributed by atoms with Crippen LogP contribution < -0.4 is 15.4 Å². The molecule has 0 saturated carbocycles. The third-order valence-corrected chi connectivity index (χ3v) is 4.37. The van der Waals surface area contributed by atoms with Crippen LogP contribution in [0.2, 0.25) is 0 Å². The van der Waals surface area contributed by atoms with E-state index in [9.17, 15) is 9.59 Å². The Morgan fingerprint density at radius 2 is 2.04 bits per heavy atom. The van der Waals surface area contributed by atoms with E-state index in [1.807, 2.05) is 13.2 Å². The molecule has 0 aliphatic carbocycles. The van der Waals surface area contributed by atoms with Gasteiger partial charge in [0.25, 0.3) is 5.91 Å². The zero-order valence-corrected chi connectivity index (χ0v) is 15.3. The number of aryl methyl sites for hydroxylation is 1. The predicted molar refractivity (Wildman–Crippen MR) is 99.6 cm³/mol. The first kappa shape index (κ1) is 17.6. The molecule has 2 N–H and O–H groups in total. The van der Waals surface area contributed by atoms with Gasteiger partial charge in [0.15, 0.2) is 0 Å². The van der Waals surface area contributed by atoms with E-state index < -0.39 is 0 Å². The van der Waals surface area contributed by atoms with Crippen LogP contribution in [0.5, 0.6) is 5.75 Å². The van der Waals surface area contributed by atoms with Gasteiger partial charge in [0.2, 0.25) is 5.91 Å². The average molecular weight is 371 g/mol. The molecule has 1 aromatic carbocycles. The van der Waals surface area contributed by atoms with Gasteiger partial charge in [-0.2, -0.15) is 5.10 Å². The fourth-order valence-electron chi connectivity index (χ4n) is 2.28. The lowest BCUT2D eigenvalue weighted by Crippen LogP contribution is -2.15. The molecule has 3 aromatic rings. The zero-order valence-electron chi connectivity index (χ0n) is 14.4. The third-order valence-electron chi connectivity index (χ3n) is 3.47. The number of amides is 2. The van der Waals surface area contributed by atoms with Gasteiger partial charge >= 0.3 is 0 Å². The lowest BCUT2D eigenvalue weighted by molar-refractivity contribution is -0.114. The molecule has 0 spiro atoms. The molecule has 134 valence electrons. The van der Waals surface area contributed by atoms with Crippen molar-refractivity contribution in [2.75, 3.05) is 17.7 Å². The van der Waals surface area contributed by atoms with Crippen molar-refractivity contribution in [3.05, 3.63) is 41.7 Å². The van der Waals surface area contributed by atoms with Crippen LogP contribution in [0.15, 0.2) is 36.0 Å². The van der Waals surface area contributed by atoms with Gasteiger partial charge in [0.05, 0.1) is 24.7 Å². The Morgan fingerprint density at radius 3 is 2.69 bits per heavy atom. The highest BCUT2D eigenvalue weighted by Crippen LogP contribution is 2.28. The summed E-state index contributed by atoms with van der Waals surface area (Å²) in [6.07, 6.45) is 3.52. The molecule has 0 aliphatic heterocycles. The number of methoxy groups -OCH3 is 1. The third kappa shape index (κ3) is 3.89. The van der Waals surface area contributed by atoms with Crippen molar-refractivity contribution >= 4 is 34.5 Å². The molecule has 0 bridgehead atoms. The quantitative estimate of drug-likeness (QED) is 0.719. The first-order chi connectivity index (χ1) is 12.5. The molecule has 8 nitrogen and oxygen atoms in total. The van der Waals surface area contributed by atoms with E-state index >= 15 is 0 Å². The fraction of sp³-hybridized carbons (Fsp3) is 0.176. The van der Waals surface area contributed by atoms with Crippen LogP contribution >= 0.6 is 11.3 Å². The highest BCUT2D eigenvalue weighted by molar-refractivity contribution is 7.13. The van der Waals surface area contributed by atoms with Crippen molar-refractivity contribution in [2.24, 2.45) is 7.05 Å². The lowest BCUT2D eigenvalue weighted by Gasteiger charge is -2.12. The average Bonchev–Trinajstić information content (AvgIpc) is 3.24. The SMILES string of the molecule is COc1ccc(NC(C)=O)c(NC(=O)c2csc(-c3cnn(C)c3)n2)c1. The summed E-state index contributed by atoms with van der Waals surface area (Å²) in [7, 11) is 3.34. The molecular formula is C17H17N5O3S. The molecular weight excluding hydrogens is 354 g/mol. The van der Waals surface area contributed by atoms with E-state index in [0.29, 0.717) is 22.1 Å². The number of nitrogens with one attached hydrogen (secondary N) is 2. The van der Waals surface area contributed by atoms with Crippen LogP contribution in [0.3, 0.4) is 0 Å². The lowest BCUT2D eigenvalue weighted by atomic mass is 10.2. The van der Waals surface area contributed by atoms with Gasteiger partial charge in [0, 0.05) is 37.2 Å². The Hall–Kier alpha value is -3.20. The molecule has 3 rings (SSSR count). The van der Waals surface area contributed by atoms with Crippen LogP contribution in [0.25, 0.3) is 10.6 Å². The van der Waals surface area contributed by atoms with E-state index in [2.05, 4.69) is 20.7 Å². The smallest absolute Gasteiger partial charge is 0.275 e. The zero-order chi connectivity index (χ0) is 18.7. The summed E-state index contributed by atoms with van der Waals surface area (Å²) >= 11 is 1.36. The number of thiazole rings is 1. The van der Waals surface area contributed by atoms with Gasteiger partial charge in [-0.1, -0.05) is 0 Å². The van der Waals surface area contributed by atoms with Crippen LogP contribution in [0, 0.1) is 0 Å². The van der Waals surface area contributed by atoms with Crippen LogP contribution in [0.1, 0.15) is 17.4 Å². The second-order valence-corrected chi connectivity index (χ2v) is 6.35. The second-order valence-electron chi connectivity index (χ2n) is 5.49. The monoisotopic (exact) mass is 371 g/mol. The Bertz CT molecular complexity index is 963. The van der Waals surface area contributed by atoms with Gasteiger partial charge < -0.3 is 15.4 Å². The normalized spacial score (nSPS) is 10.4. The Balaban J connectivity index is 1.83. The summed E-state index contributed by atoms with van der Waals surface area (Å²) in [6, 6.07) is 5.00. The maximum atomic E-state index is 12.6. The standard InChI is InChI=1S/C17H17N5O3S/c1-10(23)19-13-5-4-12(25-3)6-14(13)20-16(24)15-9-26-17(21-15)11-7-18-22(2)8-11/h4-9H,1-3H3,(H,19,23)(H,20,24). The van der Waals surface area contributed by atoms with Crippen molar-refractivity contribution < 1.29 is 14.3 Å². The Morgan fingerprint density at radius 1 is 1.23 bits per heavy atom. The number of ether oxygens (including phenoxy) is 1. The van der Waals surface area contributed by atoms with E-state index in [1.54, 1.807) is 34.5 Å². The molecule has 26 heavy (non-hydrogen) atoms. The van der Waals surface area contributed by atoms with Gasteiger partial charge in [-0.05, 0) is 12.1 Å². The molecule has 0 aliphatic rings. The minimum absolute atomic E-state index is 0.238. The summed E-state index contributed by atoms with van der Waals surface area (Å²) in [5, 5.41) is 11.9. The summed E-state index contributed by atoms with van der Waals surface area (Å²) in [5.41, 5.74) is 2.04. The van der Waals surface area contributed by atoms with E-state index in [1.165, 1.54) is 25.4 Å². The maximum absolute atomic E-state index is 12.6. The number of hydrogen-bond donors (Lipinski definition) is 2. The molecule has 2 aromatic heterocycles.